The number of carbonyl (C=O) groups is 2. The molecular formula is C25H23FN2O4. The summed E-state index contributed by atoms with van der Waals surface area (Å²) in [6.45, 7) is 2.16. The number of carbonyl (C=O) groups excluding carboxylic acids is 1. The fourth-order valence-corrected chi connectivity index (χ4v) is 4.10. The van der Waals surface area contributed by atoms with Crippen molar-refractivity contribution in [1.82, 2.24) is 9.47 Å². The van der Waals surface area contributed by atoms with Crippen LogP contribution in [-0.4, -0.2) is 40.3 Å². The second-order valence-electron chi connectivity index (χ2n) is 7.57. The highest BCUT2D eigenvalue weighted by Crippen LogP contribution is 2.31. The van der Waals surface area contributed by atoms with E-state index in [1.165, 1.54) is 24.1 Å². The molecule has 3 aromatic carbocycles. The molecule has 1 amide bonds. The van der Waals surface area contributed by atoms with Crippen molar-refractivity contribution in [1.29, 1.82) is 0 Å². The minimum absolute atomic E-state index is 0.0229. The summed E-state index contributed by atoms with van der Waals surface area (Å²) in [5, 5.41) is 12.6. The molecule has 0 aliphatic rings. The van der Waals surface area contributed by atoms with Gasteiger partial charge in [-0.05, 0) is 41.5 Å². The second-order valence-corrected chi connectivity index (χ2v) is 7.57. The van der Waals surface area contributed by atoms with E-state index in [1.54, 1.807) is 17.6 Å². The van der Waals surface area contributed by atoms with Crippen LogP contribution in [0.2, 0.25) is 0 Å². The van der Waals surface area contributed by atoms with Crippen LogP contribution in [0.3, 0.4) is 0 Å². The number of carboxylic acids is 1. The fraction of sp³-hybridized carbons (Fsp3) is 0.200. The Labute approximate surface area is 184 Å². The smallest absolute Gasteiger partial charge is 0.409 e. The van der Waals surface area contributed by atoms with E-state index in [0.29, 0.717) is 16.5 Å². The predicted molar refractivity (Wildman–Crippen MR) is 120 cm³/mol. The molecule has 7 heteroatoms. The van der Waals surface area contributed by atoms with Gasteiger partial charge in [-0.3, -0.25) is 0 Å². The van der Waals surface area contributed by atoms with Crippen LogP contribution in [0.15, 0.2) is 60.7 Å². The number of ether oxygens (including phenoxy) is 1. The zero-order valence-electron chi connectivity index (χ0n) is 17.8. The average molecular weight is 434 g/mol. The van der Waals surface area contributed by atoms with E-state index in [4.69, 9.17) is 4.74 Å². The molecule has 164 valence electrons. The summed E-state index contributed by atoms with van der Waals surface area (Å²) in [4.78, 5) is 25.8. The quantitative estimate of drug-likeness (QED) is 0.449. The number of fused-ring (bicyclic) bond motifs is 2. The van der Waals surface area contributed by atoms with Crippen molar-refractivity contribution >= 4 is 33.7 Å². The van der Waals surface area contributed by atoms with Gasteiger partial charge >= 0.3 is 12.1 Å². The third-order valence-corrected chi connectivity index (χ3v) is 5.52. The SMILES string of the molecule is CCOC(=O)N(C)Cc1c(C(=O)O)n(Cc2cccc3ccccc23)c2ccc(F)cc12. The molecule has 1 heterocycles. The summed E-state index contributed by atoms with van der Waals surface area (Å²) in [5.74, 6) is -1.62. The standard InChI is InChI=1S/C25H23FN2O4/c1-3-32-25(31)27(2)15-21-20-13-18(26)11-12-22(20)28(23(21)24(29)30)14-17-9-6-8-16-7-4-5-10-19(16)17/h4-13H,3,14-15H2,1-2H3,(H,29,30). The van der Waals surface area contributed by atoms with E-state index in [-0.39, 0.29) is 25.4 Å². The maximum absolute atomic E-state index is 14.1. The lowest BCUT2D eigenvalue weighted by molar-refractivity contribution is 0.0682. The van der Waals surface area contributed by atoms with E-state index in [1.807, 2.05) is 42.5 Å². The van der Waals surface area contributed by atoms with Crippen molar-refractivity contribution < 1.29 is 23.8 Å². The molecule has 4 rings (SSSR count). The van der Waals surface area contributed by atoms with Gasteiger partial charge in [-0.15, -0.1) is 0 Å². The van der Waals surface area contributed by atoms with Crippen LogP contribution < -0.4 is 0 Å². The summed E-state index contributed by atoms with van der Waals surface area (Å²) in [6, 6.07) is 18.0. The normalized spacial score (nSPS) is 11.1. The third-order valence-electron chi connectivity index (χ3n) is 5.52. The van der Waals surface area contributed by atoms with Gasteiger partial charge in [0.1, 0.15) is 11.5 Å². The summed E-state index contributed by atoms with van der Waals surface area (Å²) in [6.07, 6.45) is -0.574. The van der Waals surface area contributed by atoms with Crippen molar-refractivity contribution in [2.24, 2.45) is 0 Å². The summed E-state index contributed by atoms with van der Waals surface area (Å²) in [5.41, 5.74) is 1.92. The maximum Gasteiger partial charge on any atom is 0.409 e. The van der Waals surface area contributed by atoms with Gasteiger partial charge in [-0.1, -0.05) is 42.5 Å². The zero-order valence-corrected chi connectivity index (χ0v) is 17.8. The average Bonchev–Trinajstić information content (AvgIpc) is 3.06. The molecule has 0 aliphatic heterocycles. The van der Waals surface area contributed by atoms with Crippen molar-refractivity contribution in [3.63, 3.8) is 0 Å². The van der Waals surface area contributed by atoms with Gasteiger partial charge in [-0.2, -0.15) is 0 Å². The van der Waals surface area contributed by atoms with Gasteiger partial charge in [0.15, 0.2) is 0 Å². The highest BCUT2D eigenvalue weighted by molar-refractivity contribution is 5.99. The highest BCUT2D eigenvalue weighted by atomic mass is 19.1. The third kappa shape index (κ3) is 3.89. The van der Waals surface area contributed by atoms with Crippen LogP contribution in [-0.2, 0) is 17.8 Å². The lowest BCUT2D eigenvalue weighted by Gasteiger charge is -2.17. The molecule has 0 fully saturated rings. The van der Waals surface area contributed by atoms with Crippen molar-refractivity contribution in [3.8, 4) is 0 Å². The van der Waals surface area contributed by atoms with Gasteiger partial charge < -0.3 is 19.3 Å². The fourth-order valence-electron chi connectivity index (χ4n) is 4.10. The van der Waals surface area contributed by atoms with Crippen LogP contribution in [0.25, 0.3) is 21.7 Å². The molecule has 32 heavy (non-hydrogen) atoms. The van der Waals surface area contributed by atoms with Gasteiger partial charge in [0.05, 0.1) is 13.2 Å². The number of halogens is 1. The summed E-state index contributed by atoms with van der Waals surface area (Å²) >= 11 is 0. The largest absolute Gasteiger partial charge is 0.477 e. The molecule has 0 aliphatic carbocycles. The highest BCUT2D eigenvalue weighted by Gasteiger charge is 2.25. The molecule has 0 radical (unpaired) electrons. The van der Waals surface area contributed by atoms with Crippen LogP contribution in [0, 0.1) is 5.82 Å². The van der Waals surface area contributed by atoms with E-state index >= 15 is 0 Å². The van der Waals surface area contributed by atoms with Crippen molar-refractivity contribution in [3.05, 3.63) is 83.3 Å². The molecule has 0 saturated carbocycles. The Morgan fingerprint density at radius 2 is 1.81 bits per heavy atom. The summed E-state index contributed by atoms with van der Waals surface area (Å²) in [7, 11) is 1.52. The number of amides is 1. The molecule has 0 unspecified atom stereocenters. The Kier molecular flexibility index (Phi) is 5.81. The number of rotatable bonds is 6. The Morgan fingerprint density at radius 3 is 2.56 bits per heavy atom. The number of hydrogen-bond donors (Lipinski definition) is 1. The summed E-state index contributed by atoms with van der Waals surface area (Å²) < 4.78 is 20.8. The van der Waals surface area contributed by atoms with Gasteiger partial charge in [-0.25, -0.2) is 14.0 Å². The molecule has 0 saturated heterocycles. The Balaban J connectivity index is 1.89. The van der Waals surface area contributed by atoms with Gasteiger partial charge in [0.25, 0.3) is 0 Å². The number of aromatic carboxylic acids is 1. The number of aromatic nitrogens is 1. The van der Waals surface area contributed by atoms with Gasteiger partial charge in [0, 0.05) is 30.1 Å². The molecule has 0 atom stereocenters. The first-order chi connectivity index (χ1) is 15.4. The van der Waals surface area contributed by atoms with Crippen LogP contribution in [0.4, 0.5) is 9.18 Å². The van der Waals surface area contributed by atoms with Crippen molar-refractivity contribution in [2.75, 3.05) is 13.7 Å². The first-order valence-electron chi connectivity index (χ1n) is 10.3. The lowest BCUT2D eigenvalue weighted by atomic mass is 10.0. The minimum atomic E-state index is -1.14. The zero-order chi connectivity index (χ0) is 22.8. The Bertz CT molecular complexity index is 1320. The minimum Gasteiger partial charge on any atom is -0.477 e. The number of carboxylic acid groups (broad SMARTS) is 1. The number of benzene rings is 3. The lowest BCUT2D eigenvalue weighted by Crippen LogP contribution is -2.27. The second kappa shape index (κ2) is 8.70. The Hall–Kier alpha value is -3.87. The molecular weight excluding hydrogens is 411 g/mol. The molecule has 0 spiro atoms. The molecule has 4 aromatic rings. The predicted octanol–water partition coefficient (Wildman–Crippen LogP) is 5.27. The molecule has 0 bridgehead atoms. The van der Waals surface area contributed by atoms with E-state index in [2.05, 4.69) is 0 Å². The van der Waals surface area contributed by atoms with E-state index < -0.39 is 17.9 Å². The molecule has 1 aromatic heterocycles. The van der Waals surface area contributed by atoms with Gasteiger partial charge in [0.2, 0.25) is 0 Å². The maximum atomic E-state index is 14.1. The van der Waals surface area contributed by atoms with E-state index in [0.717, 1.165) is 16.3 Å². The van der Waals surface area contributed by atoms with E-state index in [9.17, 15) is 19.1 Å². The van der Waals surface area contributed by atoms with Crippen molar-refractivity contribution in [2.45, 2.75) is 20.0 Å². The molecule has 1 N–H and O–H groups in total. The first kappa shape index (κ1) is 21.4. The Morgan fingerprint density at radius 1 is 1.06 bits per heavy atom. The molecule has 6 nitrogen and oxygen atoms in total. The number of nitrogens with zero attached hydrogens (tertiary/aromatic N) is 2. The number of hydrogen-bond acceptors (Lipinski definition) is 3. The topological polar surface area (TPSA) is 71.8 Å². The first-order valence-corrected chi connectivity index (χ1v) is 10.3. The van der Waals surface area contributed by atoms with Crippen LogP contribution in [0.5, 0.6) is 0 Å². The van der Waals surface area contributed by atoms with Crippen LogP contribution in [0.1, 0.15) is 28.5 Å². The van der Waals surface area contributed by atoms with Crippen LogP contribution >= 0.6 is 0 Å². The monoisotopic (exact) mass is 434 g/mol.